The lowest BCUT2D eigenvalue weighted by atomic mass is 10.1. The standard InChI is InChI=1S/C17H10N4O7/c1-28-10-4-2-3-9(5-10)16(22)8-13-17(23)19-12-7-15(21(26)27)14(20(24)25)6-11(12)18-13/h2-8H,1H3/b13-8+. The quantitative estimate of drug-likeness (QED) is 0.324. The van der Waals surface area contributed by atoms with E-state index >= 15 is 0 Å². The molecule has 0 fully saturated rings. The summed E-state index contributed by atoms with van der Waals surface area (Å²) in [7, 11) is 1.43. The van der Waals surface area contributed by atoms with Gasteiger partial charge in [0.15, 0.2) is 5.78 Å². The minimum absolute atomic E-state index is 0.124. The maximum Gasteiger partial charge on any atom is 0.348 e. The molecule has 1 aliphatic heterocycles. The summed E-state index contributed by atoms with van der Waals surface area (Å²) in [6.07, 6.45) is 0.941. The van der Waals surface area contributed by atoms with E-state index in [-0.39, 0.29) is 22.0 Å². The Kier molecular flexibility index (Phi) is 4.73. The number of methoxy groups -OCH3 is 1. The summed E-state index contributed by atoms with van der Waals surface area (Å²) >= 11 is 0. The van der Waals surface area contributed by atoms with Crippen LogP contribution in [0.25, 0.3) is 0 Å². The Morgan fingerprint density at radius 1 is 1.04 bits per heavy atom. The van der Waals surface area contributed by atoms with Crippen molar-refractivity contribution >= 4 is 23.1 Å². The minimum atomic E-state index is -0.948. The summed E-state index contributed by atoms with van der Waals surface area (Å²) in [5.74, 6) is -1.01. The lowest BCUT2D eigenvalue weighted by Crippen LogP contribution is -2.32. The zero-order chi connectivity index (χ0) is 20.4. The molecule has 11 nitrogen and oxygen atoms in total. The Hall–Kier alpha value is -4.28. The first-order valence-corrected chi connectivity index (χ1v) is 7.65. The van der Waals surface area contributed by atoms with Gasteiger partial charge >= 0.3 is 11.4 Å². The van der Waals surface area contributed by atoms with Crippen LogP contribution < -0.4 is 15.5 Å². The van der Waals surface area contributed by atoms with Gasteiger partial charge in [-0.2, -0.15) is 0 Å². The van der Waals surface area contributed by atoms with Crippen LogP contribution in [0.2, 0.25) is 0 Å². The van der Waals surface area contributed by atoms with E-state index in [1.54, 1.807) is 12.1 Å². The van der Waals surface area contributed by atoms with E-state index in [0.29, 0.717) is 5.75 Å². The average molecular weight is 382 g/mol. The van der Waals surface area contributed by atoms with Crippen molar-refractivity contribution in [3.8, 4) is 5.75 Å². The lowest BCUT2D eigenvalue weighted by Gasteiger charge is -2.04. The number of carbonyl (C=O) groups excluding carboxylic acids is 2. The van der Waals surface area contributed by atoms with Crippen LogP contribution in [0, 0.1) is 20.2 Å². The molecule has 0 bridgehead atoms. The third kappa shape index (κ3) is 3.49. The van der Waals surface area contributed by atoms with Crippen molar-refractivity contribution in [1.29, 1.82) is 0 Å². The summed E-state index contributed by atoms with van der Waals surface area (Å²) in [5, 5.41) is 21.7. The summed E-state index contributed by atoms with van der Waals surface area (Å²) < 4.78 is 5.03. The van der Waals surface area contributed by atoms with Crippen LogP contribution in [0.5, 0.6) is 5.75 Å². The van der Waals surface area contributed by atoms with E-state index in [2.05, 4.69) is 9.98 Å². The second-order valence-corrected chi connectivity index (χ2v) is 5.50. The number of hydrogen-bond acceptors (Lipinski definition) is 8. The van der Waals surface area contributed by atoms with E-state index in [1.807, 2.05) is 0 Å². The van der Waals surface area contributed by atoms with Gasteiger partial charge in [0.25, 0.3) is 5.91 Å². The van der Waals surface area contributed by atoms with Crippen LogP contribution in [0.15, 0.2) is 58.2 Å². The van der Waals surface area contributed by atoms with Gasteiger partial charge in [0.2, 0.25) is 0 Å². The van der Waals surface area contributed by atoms with Gasteiger partial charge in [-0.05, 0) is 12.1 Å². The number of nitro groups is 2. The first kappa shape index (κ1) is 18.5. The Morgan fingerprint density at radius 3 is 2.21 bits per heavy atom. The maximum absolute atomic E-state index is 12.4. The Labute approximate surface area is 155 Å². The predicted molar refractivity (Wildman–Crippen MR) is 92.5 cm³/mol. The van der Waals surface area contributed by atoms with E-state index in [9.17, 15) is 29.8 Å². The summed E-state index contributed by atoms with van der Waals surface area (Å²) in [6.45, 7) is 0. The molecular formula is C17H10N4O7. The molecule has 2 aromatic carbocycles. The van der Waals surface area contributed by atoms with Crippen molar-refractivity contribution in [3.63, 3.8) is 0 Å². The molecule has 140 valence electrons. The zero-order valence-corrected chi connectivity index (χ0v) is 14.2. The highest BCUT2D eigenvalue weighted by Gasteiger charge is 2.26. The maximum atomic E-state index is 12.4. The van der Waals surface area contributed by atoms with Gasteiger partial charge in [0.1, 0.15) is 16.8 Å². The third-order valence-electron chi connectivity index (χ3n) is 3.77. The van der Waals surface area contributed by atoms with Crippen LogP contribution in [0.1, 0.15) is 10.4 Å². The number of nitro benzene ring substituents is 2. The molecule has 28 heavy (non-hydrogen) atoms. The van der Waals surface area contributed by atoms with Crippen LogP contribution in [0.3, 0.4) is 0 Å². The molecule has 3 rings (SSSR count). The fourth-order valence-corrected chi connectivity index (χ4v) is 2.45. The molecule has 2 aromatic rings. The number of ether oxygens (including phenoxy) is 1. The number of nitrogens with zero attached hydrogens (tertiary/aromatic N) is 4. The van der Waals surface area contributed by atoms with Gasteiger partial charge in [0.05, 0.1) is 34.4 Å². The van der Waals surface area contributed by atoms with Gasteiger partial charge in [-0.15, -0.1) is 0 Å². The van der Waals surface area contributed by atoms with Gasteiger partial charge in [-0.3, -0.25) is 29.8 Å². The van der Waals surface area contributed by atoms with E-state index in [1.165, 1.54) is 19.2 Å². The molecule has 11 heteroatoms. The Bertz CT molecular complexity index is 1200. The summed E-state index contributed by atoms with van der Waals surface area (Å²) in [6, 6.07) is 7.84. The number of hydrogen-bond donors (Lipinski definition) is 0. The number of ketones is 1. The molecule has 0 aromatic heterocycles. The minimum Gasteiger partial charge on any atom is -0.497 e. The normalized spacial score (nSPS) is 13.9. The third-order valence-corrected chi connectivity index (χ3v) is 3.77. The predicted octanol–water partition coefficient (Wildman–Crippen LogP) is 1.06. The van der Waals surface area contributed by atoms with Gasteiger partial charge in [-0.25, -0.2) is 9.98 Å². The Morgan fingerprint density at radius 2 is 1.64 bits per heavy atom. The molecule has 1 aliphatic rings. The molecule has 1 amide bonds. The van der Waals surface area contributed by atoms with Crippen molar-refractivity contribution in [2.45, 2.75) is 0 Å². The molecule has 0 spiro atoms. The fourth-order valence-electron chi connectivity index (χ4n) is 2.45. The summed E-state index contributed by atoms with van der Waals surface area (Å²) in [4.78, 5) is 52.2. The van der Waals surface area contributed by atoms with Crippen LogP contribution in [-0.4, -0.2) is 28.6 Å². The van der Waals surface area contributed by atoms with E-state index in [4.69, 9.17) is 4.74 Å². The zero-order valence-electron chi connectivity index (χ0n) is 14.2. The molecule has 0 atom stereocenters. The topological polar surface area (TPSA) is 154 Å². The van der Waals surface area contributed by atoms with Gasteiger partial charge < -0.3 is 4.74 Å². The average Bonchev–Trinajstić information content (AvgIpc) is 2.67. The number of fused-ring (bicyclic) bond motifs is 1. The molecule has 0 unspecified atom stereocenters. The van der Waals surface area contributed by atoms with Crippen LogP contribution in [-0.2, 0) is 4.79 Å². The smallest absolute Gasteiger partial charge is 0.348 e. The molecule has 0 N–H and O–H groups in total. The second kappa shape index (κ2) is 7.15. The number of amides is 1. The fraction of sp³-hybridized carbons (Fsp3) is 0.0588. The Balaban J connectivity index is 2.10. The highest BCUT2D eigenvalue weighted by atomic mass is 16.6. The van der Waals surface area contributed by atoms with Gasteiger partial charge in [-0.1, -0.05) is 12.1 Å². The van der Waals surface area contributed by atoms with Crippen molar-refractivity contribution in [1.82, 2.24) is 0 Å². The highest BCUT2D eigenvalue weighted by Crippen LogP contribution is 2.23. The van der Waals surface area contributed by atoms with Crippen molar-refractivity contribution < 1.29 is 24.2 Å². The van der Waals surface area contributed by atoms with Crippen molar-refractivity contribution in [3.05, 3.63) is 84.7 Å². The van der Waals surface area contributed by atoms with Crippen LogP contribution in [0.4, 0.5) is 11.4 Å². The first-order chi connectivity index (χ1) is 13.3. The number of benzene rings is 2. The summed E-state index contributed by atoms with van der Waals surface area (Å²) in [5.41, 5.74) is -1.72. The van der Waals surface area contributed by atoms with Crippen molar-refractivity contribution in [2.24, 2.45) is 9.98 Å². The second-order valence-electron chi connectivity index (χ2n) is 5.50. The molecule has 0 radical (unpaired) electrons. The first-order valence-electron chi connectivity index (χ1n) is 7.65. The molecule has 0 saturated carbocycles. The molecular weight excluding hydrogens is 372 g/mol. The SMILES string of the molecule is COc1cccc(C(=O)/C=C2/N=c3cc([N+](=O)[O-])c([N+](=O)[O-])cc3=NC2=O)c1. The number of rotatable bonds is 5. The number of carbonyl (C=O) groups is 2. The van der Waals surface area contributed by atoms with E-state index < -0.39 is 32.9 Å². The molecule has 1 heterocycles. The number of allylic oxidation sites excluding steroid dienone is 1. The highest BCUT2D eigenvalue weighted by molar-refractivity contribution is 6.09. The largest absolute Gasteiger partial charge is 0.497 e. The van der Waals surface area contributed by atoms with Crippen molar-refractivity contribution in [2.75, 3.05) is 7.11 Å². The van der Waals surface area contributed by atoms with Crippen LogP contribution >= 0.6 is 0 Å². The molecule has 0 saturated heterocycles. The monoisotopic (exact) mass is 382 g/mol. The van der Waals surface area contributed by atoms with E-state index in [0.717, 1.165) is 18.2 Å². The lowest BCUT2D eigenvalue weighted by molar-refractivity contribution is -0.422. The van der Waals surface area contributed by atoms with Gasteiger partial charge in [0, 0.05) is 11.6 Å². The molecule has 0 aliphatic carbocycles.